The minimum Gasteiger partial charge on any atom is -0.383 e. The number of benzene rings is 1. The van der Waals surface area contributed by atoms with Gasteiger partial charge in [-0.05, 0) is 18.2 Å². The SMILES string of the molecule is N#Cc1cc(C#N)c(SCC(=O)c2ccc(Br)cc2)nc1N. The van der Waals surface area contributed by atoms with Gasteiger partial charge in [0.15, 0.2) is 5.78 Å². The minimum absolute atomic E-state index is 0.0556. The van der Waals surface area contributed by atoms with E-state index in [1.54, 1.807) is 24.3 Å². The van der Waals surface area contributed by atoms with E-state index in [0.717, 1.165) is 16.2 Å². The molecule has 0 bridgehead atoms. The third-order valence-electron chi connectivity index (χ3n) is 2.76. The molecule has 5 nitrogen and oxygen atoms in total. The van der Waals surface area contributed by atoms with E-state index in [1.165, 1.54) is 6.07 Å². The fourth-order valence-electron chi connectivity index (χ4n) is 1.64. The predicted molar refractivity (Wildman–Crippen MR) is 87.3 cm³/mol. The van der Waals surface area contributed by atoms with E-state index >= 15 is 0 Å². The number of carbonyl (C=O) groups is 1. The van der Waals surface area contributed by atoms with Gasteiger partial charge >= 0.3 is 0 Å². The number of nitrogens with two attached hydrogens (primary N) is 1. The van der Waals surface area contributed by atoms with E-state index in [2.05, 4.69) is 20.9 Å². The van der Waals surface area contributed by atoms with Crippen LogP contribution >= 0.6 is 27.7 Å². The number of aromatic nitrogens is 1. The summed E-state index contributed by atoms with van der Waals surface area (Å²) in [6.07, 6.45) is 0. The molecule has 0 radical (unpaired) electrons. The zero-order valence-corrected chi connectivity index (χ0v) is 13.6. The second-order valence-corrected chi connectivity index (χ2v) is 6.10. The molecule has 0 saturated heterocycles. The van der Waals surface area contributed by atoms with Crippen LogP contribution in [0.1, 0.15) is 21.5 Å². The summed E-state index contributed by atoms with van der Waals surface area (Å²) in [4.78, 5) is 16.1. The standard InChI is InChI=1S/C15H9BrN4OS/c16-12-3-1-9(2-4-12)13(21)8-22-15-11(7-18)5-10(6-17)14(19)20-15/h1-5H,8H2,(H2,19,20). The highest BCUT2D eigenvalue weighted by Crippen LogP contribution is 2.24. The average Bonchev–Trinajstić information content (AvgIpc) is 2.53. The number of nitriles is 2. The number of pyridine rings is 1. The number of nitrogen functional groups attached to an aromatic ring is 1. The third kappa shape index (κ3) is 3.64. The van der Waals surface area contributed by atoms with Crippen molar-refractivity contribution in [3.05, 3.63) is 51.5 Å². The van der Waals surface area contributed by atoms with Crippen LogP contribution in [0, 0.1) is 22.7 Å². The summed E-state index contributed by atoms with van der Waals surface area (Å²) in [5, 5.41) is 18.3. The molecule has 0 aliphatic heterocycles. The largest absolute Gasteiger partial charge is 0.383 e. The molecule has 0 aliphatic carbocycles. The van der Waals surface area contributed by atoms with Gasteiger partial charge in [0.2, 0.25) is 0 Å². The molecule has 0 spiro atoms. The van der Waals surface area contributed by atoms with Crippen molar-refractivity contribution in [1.29, 1.82) is 10.5 Å². The van der Waals surface area contributed by atoms with Crippen molar-refractivity contribution < 1.29 is 4.79 Å². The lowest BCUT2D eigenvalue weighted by Crippen LogP contribution is -2.04. The van der Waals surface area contributed by atoms with Crippen molar-refractivity contribution in [1.82, 2.24) is 4.98 Å². The number of ketones is 1. The molecule has 1 heterocycles. The Morgan fingerprint density at radius 3 is 2.45 bits per heavy atom. The van der Waals surface area contributed by atoms with Gasteiger partial charge in [-0.1, -0.05) is 39.8 Å². The number of anilines is 1. The number of carbonyl (C=O) groups excluding carboxylic acids is 1. The third-order valence-corrected chi connectivity index (χ3v) is 4.28. The van der Waals surface area contributed by atoms with Crippen LogP contribution in [-0.2, 0) is 0 Å². The first-order chi connectivity index (χ1) is 10.5. The van der Waals surface area contributed by atoms with Crippen LogP contribution in [0.4, 0.5) is 5.82 Å². The van der Waals surface area contributed by atoms with Crippen LogP contribution < -0.4 is 5.73 Å². The highest BCUT2D eigenvalue weighted by atomic mass is 79.9. The summed E-state index contributed by atoms with van der Waals surface area (Å²) in [6.45, 7) is 0. The van der Waals surface area contributed by atoms with E-state index in [9.17, 15) is 4.79 Å². The topological polar surface area (TPSA) is 104 Å². The van der Waals surface area contributed by atoms with Crippen molar-refractivity contribution in [2.24, 2.45) is 0 Å². The van der Waals surface area contributed by atoms with E-state index in [-0.39, 0.29) is 28.5 Å². The number of hydrogen-bond donors (Lipinski definition) is 1. The Balaban J connectivity index is 2.16. The van der Waals surface area contributed by atoms with Crippen molar-refractivity contribution in [3.63, 3.8) is 0 Å². The van der Waals surface area contributed by atoms with Crippen LogP contribution in [0.5, 0.6) is 0 Å². The molecule has 0 saturated carbocycles. The summed E-state index contributed by atoms with van der Waals surface area (Å²) in [5.41, 5.74) is 6.61. The molecule has 0 atom stereocenters. The van der Waals surface area contributed by atoms with Crippen molar-refractivity contribution >= 4 is 39.3 Å². The highest BCUT2D eigenvalue weighted by Gasteiger charge is 2.13. The molecule has 2 aromatic rings. The quantitative estimate of drug-likeness (QED) is 0.652. The van der Waals surface area contributed by atoms with Crippen molar-refractivity contribution in [2.45, 2.75) is 5.03 Å². The van der Waals surface area contributed by atoms with Gasteiger partial charge < -0.3 is 5.73 Å². The fraction of sp³-hybridized carbons (Fsp3) is 0.0667. The summed E-state index contributed by atoms with van der Waals surface area (Å²) in [6, 6.07) is 12.2. The lowest BCUT2D eigenvalue weighted by atomic mass is 10.2. The first-order valence-corrected chi connectivity index (χ1v) is 7.85. The second kappa shape index (κ2) is 7.08. The van der Waals surface area contributed by atoms with Gasteiger partial charge in [0.05, 0.1) is 16.9 Å². The van der Waals surface area contributed by atoms with Gasteiger partial charge in [0, 0.05) is 10.0 Å². The molecule has 108 valence electrons. The second-order valence-electron chi connectivity index (χ2n) is 4.22. The summed E-state index contributed by atoms with van der Waals surface area (Å²) < 4.78 is 0.894. The fourth-order valence-corrected chi connectivity index (χ4v) is 2.76. The zero-order chi connectivity index (χ0) is 16.1. The maximum Gasteiger partial charge on any atom is 0.173 e. The zero-order valence-electron chi connectivity index (χ0n) is 11.2. The van der Waals surface area contributed by atoms with Gasteiger partial charge in [-0.15, -0.1) is 0 Å². The Morgan fingerprint density at radius 1 is 1.23 bits per heavy atom. The van der Waals surface area contributed by atoms with Crippen molar-refractivity contribution in [3.8, 4) is 12.1 Å². The number of rotatable bonds is 4. The molecule has 7 heteroatoms. The van der Waals surface area contributed by atoms with E-state index in [1.807, 2.05) is 12.1 Å². The van der Waals surface area contributed by atoms with Crippen LogP contribution in [0.2, 0.25) is 0 Å². The van der Waals surface area contributed by atoms with E-state index < -0.39 is 0 Å². The number of halogens is 1. The number of nitrogens with zero attached hydrogens (tertiary/aromatic N) is 3. The van der Waals surface area contributed by atoms with E-state index in [0.29, 0.717) is 10.6 Å². The molecule has 22 heavy (non-hydrogen) atoms. The first kappa shape index (κ1) is 16.0. The van der Waals surface area contributed by atoms with Gasteiger partial charge in [-0.2, -0.15) is 10.5 Å². The minimum atomic E-state index is -0.0777. The Morgan fingerprint density at radius 2 is 1.86 bits per heavy atom. The monoisotopic (exact) mass is 372 g/mol. The summed E-state index contributed by atoms with van der Waals surface area (Å²) in [5.74, 6) is 0.112. The normalized spacial score (nSPS) is 9.77. The summed E-state index contributed by atoms with van der Waals surface area (Å²) >= 11 is 4.44. The maximum atomic E-state index is 12.1. The molecule has 2 rings (SSSR count). The van der Waals surface area contributed by atoms with Crippen molar-refractivity contribution in [2.75, 3.05) is 11.5 Å². The molecule has 0 unspecified atom stereocenters. The number of thioether (sulfide) groups is 1. The molecule has 1 aromatic carbocycles. The highest BCUT2D eigenvalue weighted by molar-refractivity contribution is 9.10. The van der Waals surface area contributed by atoms with Crippen LogP contribution in [0.15, 0.2) is 39.8 Å². The first-order valence-electron chi connectivity index (χ1n) is 6.07. The van der Waals surface area contributed by atoms with Gasteiger partial charge in [0.1, 0.15) is 23.0 Å². The Hall–Kier alpha value is -2.35. The van der Waals surface area contributed by atoms with E-state index in [4.69, 9.17) is 16.3 Å². The Labute approximate surface area is 139 Å². The molecule has 0 fully saturated rings. The molecular formula is C15H9BrN4OS. The number of Topliss-reactive ketones (excluding diaryl/α,β-unsaturated/α-hetero) is 1. The van der Waals surface area contributed by atoms with Gasteiger partial charge in [0.25, 0.3) is 0 Å². The van der Waals surface area contributed by atoms with Crippen LogP contribution in [0.25, 0.3) is 0 Å². The molecule has 2 N–H and O–H groups in total. The molecule has 0 aliphatic rings. The smallest absolute Gasteiger partial charge is 0.173 e. The summed E-state index contributed by atoms with van der Waals surface area (Å²) in [7, 11) is 0. The Kier molecular flexibility index (Phi) is 5.16. The lowest BCUT2D eigenvalue weighted by Gasteiger charge is -2.05. The lowest BCUT2D eigenvalue weighted by molar-refractivity contribution is 0.102. The average molecular weight is 373 g/mol. The number of hydrogen-bond acceptors (Lipinski definition) is 6. The molecular weight excluding hydrogens is 364 g/mol. The Bertz CT molecular complexity index is 806. The maximum absolute atomic E-state index is 12.1. The molecule has 0 amide bonds. The predicted octanol–water partition coefficient (Wildman–Crippen LogP) is 3.14. The van der Waals surface area contributed by atoms with Crippen LogP contribution in [0.3, 0.4) is 0 Å². The van der Waals surface area contributed by atoms with Crippen LogP contribution in [-0.4, -0.2) is 16.5 Å². The van der Waals surface area contributed by atoms with Gasteiger partial charge in [-0.3, -0.25) is 4.79 Å². The molecule has 1 aromatic heterocycles. The van der Waals surface area contributed by atoms with Gasteiger partial charge in [-0.25, -0.2) is 4.98 Å².